The number of benzene rings is 1. The number of hydrogen-bond acceptors (Lipinski definition) is 5. The molecule has 0 saturated carbocycles. The smallest absolute Gasteiger partial charge is 0.267 e. The van der Waals surface area contributed by atoms with Gasteiger partial charge in [-0.05, 0) is 29.7 Å². The van der Waals surface area contributed by atoms with Crippen molar-refractivity contribution in [1.82, 2.24) is 15.2 Å². The predicted octanol–water partition coefficient (Wildman–Crippen LogP) is 1.47. The van der Waals surface area contributed by atoms with Gasteiger partial charge in [-0.1, -0.05) is 18.2 Å². The maximum absolute atomic E-state index is 12.7. The molecule has 2 fully saturated rings. The van der Waals surface area contributed by atoms with E-state index in [0.29, 0.717) is 17.6 Å². The van der Waals surface area contributed by atoms with E-state index in [-0.39, 0.29) is 17.0 Å². The number of carbonyl (C=O) groups excluding carboxylic acids is 1. The molecule has 2 N–H and O–H groups in total. The van der Waals surface area contributed by atoms with Crippen LogP contribution in [0.15, 0.2) is 35.1 Å². The van der Waals surface area contributed by atoms with Crippen molar-refractivity contribution in [3.05, 3.63) is 46.4 Å². The normalized spacial score (nSPS) is 24.0. The van der Waals surface area contributed by atoms with Crippen LogP contribution in [0, 0.1) is 0 Å². The molecule has 1 atom stereocenters. The van der Waals surface area contributed by atoms with Crippen LogP contribution in [0.1, 0.15) is 16.9 Å². The Kier molecular flexibility index (Phi) is 5.02. The van der Waals surface area contributed by atoms with Crippen molar-refractivity contribution in [3.63, 3.8) is 0 Å². The van der Waals surface area contributed by atoms with Crippen LogP contribution in [0.25, 0.3) is 10.8 Å². The number of amides is 1. The molecule has 1 unspecified atom stereocenters. The van der Waals surface area contributed by atoms with Crippen LogP contribution in [0.4, 0.5) is 0 Å². The Hall–Kier alpha value is -1.83. The molecule has 26 heavy (non-hydrogen) atoms. The number of morpholine rings is 1. The van der Waals surface area contributed by atoms with E-state index in [1.165, 1.54) is 0 Å². The summed E-state index contributed by atoms with van der Waals surface area (Å²) in [6.07, 6.45) is 1.06. The first kappa shape index (κ1) is 17.6. The topological polar surface area (TPSA) is 74.4 Å². The first-order chi connectivity index (χ1) is 12.7. The highest BCUT2D eigenvalue weighted by Gasteiger charge is 2.40. The lowest BCUT2D eigenvalue weighted by molar-refractivity contribution is -0.0129. The fourth-order valence-corrected chi connectivity index (χ4v) is 5.29. The van der Waals surface area contributed by atoms with E-state index >= 15 is 0 Å². The van der Waals surface area contributed by atoms with E-state index in [0.717, 1.165) is 49.6 Å². The van der Waals surface area contributed by atoms with E-state index in [4.69, 9.17) is 4.74 Å². The van der Waals surface area contributed by atoms with Crippen molar-refractivity contribution in [1.29, 1.82) is 0 Å². The minimum absolute atomic E-state index is 0.0126. The minimum Gasteiger partial charge on any atom is -0.379 e. The molecule has 0 aliphatic carbocycles. The third-order valence-corrected chi connectivity index (χ3v) is 6.57. The Morgan fingerprint density at radius 1 is 1.31 bits per heavy atom. The molecule has 0 bridgehead atoms. The summed E-state index contributed by atoms with van der Waals surface area (Å²) in [5.41, 5.74) is 0.0744. The van der Waals surface area contributed by atoms with Crippen LogP contribution < -0.4 is 10.9 Å². The number of nitrogens with zero attached hydrogens (tertiary/aromatic N) is 1. The number of fused-ring (bicyclic) bond motifs is 1. The third-order valence-electron chi connectivity index (χ3n) is 5.34. The highest BCUT2D eigenvalue weighted by molar-refractivity contribution is 7.99. The van der Waals surface area contributed by atoms with Crippen molar-refractivity contribution in [2.75, 3.05) is 44.4 Å². The summed E-state index contributed by atoms with van der Waals surface area (Å²) in [6.45, 7) is 3.90. The highest BCUT2D eigenvalue weighted by atomic mass is 32.2. The Bertz CT molecular complexity index is 854. The van der Waals surface area contributed by atoms with Crippen molar-refractivity contribution in [3.8, 4) is 0 Å². The standard InChI is InChI=1S/C19H23N3O3S/c23-17-15-4-2-1-3-14(15)11-16(21-17)18(24)20-12-19(5-10-26-13-19)22-6-8-25-9-7-22/h1-4,11H,5-10,12-13H2,(H,20,24)(H,21,23). The first-order valence-corrected chi connectivity index (χ1v) is 10.1. The van der Waals surface area contributed by atoms with Crippen LogP contribution >= 0.6 is 11.8 Å². The largest absolute Gasteiger partial charge is 0.379 e. The average molecular weight is 373 g/mol. The van der Waals surface area contributed by atoms with Gasteiger partial charge in [0.1, 0.15) is 5.69 Å². The molecular formula is C19H23N3O3S. The summed E-state index contributed by atoms with van der Waals surface area (Å²) >= 11 is 1.93. The summed E-state index contributed by atoms with van der Waals surface area (Å²) in [5, 5.41) is 4.44. The van der Waals surface area contributed by atoms with E-state index < -0.39 is 0 Å². The minimum atomic E-state index is -0.229. The monoisotopic (exact) mass is 373 g/mol. The average Bonchev–Trinajstić information content (AvgIpc) is 3.17. The second-order valence-electron chi connectivity index (χ2n) is 6.91. The van der Waals surface area contributed by atoms with Crippen LogP contribution in [-0.2, 0) is 4.74 Å². The SMILES string of the molecule is O=C(NCC1(N2CCOCC2)CCSC1)c1cc2ccccc2c(=O)[nH]1. The first-order valence-electron chi connectivity index (χ1n) is 8.99. The van der Waals surface area contributed by atoms with Gasteiger partial charge in [-0.15, -0.1) is 0 Å². The molecule has 138 valence electrons. The molecular weight excluding hydrogens is 350 g/mol. The summed E-state index contributed by atoms with van der Waals surface area (Å²) in [4.78, 5) is 30.1. The van der Waals surface area contributed by atoms with Crippen LogP contribution in [0.2, 0.25) is 0 Å². The van der Waals surface area contributed by atoms with Gasteiger partial charge in [0.2, 0.25) is 0 Å². The van der Waals surface area contributed by atoms with Gasteiger partial charge in [-0.3, -0.25) is 14.5 Å². The summed E-state index contributed by atoms with van der Waals surface area (Å²) in [5.74, 6) is 1.90. The number of thioether (sulfide) groups is 1. The molecule has 4 rings (SSSR count). The van der Waals surface area contributed by atoms with Gasteiger partial charge in [0.05, 0.1) is 13.2 Å². The van der Waals surface area contributed by atoms with E-state index in [1.54, 1.807) is 12.1 Å². The molecule has 1 aromatic carbocycles. The van der Waals surface area contributed by atoms with Gasteiger partial charge in [0.15, 0.2) is 0 Å². The third kappa shape index (κ3) is 3.39. The molecule has 2 aliphatic heterocycles. The fraction of sp³-hybridized carbons (Fsp3) is 0.474. The van der Waals surface area contributed by atoms with Gasteiger partial charge in [-0.2, -0.15) is 11.8 Å². The van der Waals surface area contributed by atoms with Gasteiger partial charge in [-0.25, -0.2) is 0 Å². The zero-order valence-electron chi connectivity index (χ0n) is 14.6. The zero-order chi connectivity index (χ0) is 18.0. The van der Waals surface area contributed by atoms with Crippen molar-refractivity contribution in [2.24, 2.45) is 0 Å². The number of hydrogen-bond donors (Lipinski definition) is 2. The quantitative estimate of drug-likeness (QED) is 0.849. The predicted molar refractivity (Wildman–Crippen MR) is 104 cm³/mol. The lowest BCUT2D eigenvalue weighted by Crippen LogP contribution is -2.59. The lowest BCUT2D eigenvalue weighted by atomic mass is 9.95. The lowest BCUT2D eigenvalue weighted by Gasteiger charge is -2.43. The molecule has 1 aromatic heterocycles. The number of aromatic amines is 1. The van der Waals surface area contributed by atoms with Gasteiger partial charge in [0.25, 0.3) is 11.5 Å². The van der Waals surface area contributed by atoms with E-state index in [2.05, 4.69) is 15.2 Å². The molecule has 0 radical (unpaired) electrons. The number of carbonyl (C=O) groups is 1. The number of nitrogens with one attached hydrogen (secondary N) is 2. The number of pyridine rings is 1. The van der Waals surface area contributed by atoms with Gasteiger partial charge < -0.3 is 15.0 Å². The van der Waals surface area contributed by atoms with Crippen molar-refractivity contribution < 1.29 is 9.53 Å². The van der Waals surface area contributed by atoms with Crippen LogP contribution in [0.5, 0.6) is 0 Å². The number of rotatable bonds is 4. The Labute approximate surface area is 156 Å². The van der Waals surface area contributed by atoms with E-state index in [9.17, 15) is 9.59 Å². The maximum atomic E-state index is 12.7. The molecule has 1 amide bonds. The number of ether oxygens (including phenoxy) is 1. The second-order valence-corrected chi connectivity index (χ2v) is 8.01. The van der Waals surface area contributed by atoms with Crippen molar-refractivity contribution in [2.45, 2.75) is 12.0 Å². The van der Waals surface area contributed by atoms with Gasteiger partial charge >= 0.3 is 0 Å². The molecule has 3 heterocycles. The molecule has 2 aliphatic rings. The van der Waals surface area contributed by atoms with Crippen LogP contribution in [-0.4, -0.2) is 65.7 Å². The van der Waals surface area contributed by atoms with Crippen LogP contribution in [0.3, 0.4) is 0 Å². The molecule has 2 saturated heterocycles. The number of aromatic nitrogens is 1. The zero-order valence-corrected chi connectivity index (χ0v) is 15.4. The molecule has 7 heteroatoms. The Balaban J connectivity index is 1.51. The second kappa shape index (κ2) is 7.42. The summed E-state index contributed by atoms with van der Waals surface area (Å²) in [7, 11) is 0. The maximum Gasteiger partial charge on any atom is 0.267 e. The Morgan fingerprint density at radius 3 is 2.88 bits per heavy atom. The number of H-pyrrole nitrogens is 1. The Morgan fingerprint density at radius 2 is 2.12 bits per heavy atom. The highest BCUT2D eigenvalue weighted by Crippen LogP contribution is 2.33. The fourth-order valence-electron chi connectivity index (χ4n) is 3.81. The summed E-state index contributed by atoms with van der Waals surface area (Å²) < 4.78 is 5.48. The van der Waals surface area contributed by atoms with E-state index in [1.807, 2.05) is 30.0 Å². The van der Waals surface area contributed by atoms with Crippen molar-refractivity contribution >= 4 is 28.4 Å². The molecule has 2 aromatic rings. The summed E-state index contributed by atoms with van der Waals surface area (Å²) in [6, 6.07) is 9.05. The van der Waals surface area contributed by atoms with Gasteiger partial charge in [0, 0.05) is 36.3 Å². The molecule has 6 nitrogen and oxygen atoms in total. The molecule has 0 spiro atoms.